The molecule has 0 saturated carbocycles. The molecule has 0 saturated heterocycles. The molecule has 8 heteroatoms. The molecule has 0 bridgehead atoms. The molecular formula is C27H25N3O4S. The molecule has 0 aliphatic carbocycles. The molecule has 0 fully saturated rings. The summed E-state index contributed by atoms with van der Waals surface area (Å²) in [7, 11) is 0. The highest BCUT2D eigenvalue weighted by molar-refractivity contribution is 7.80. The predicted molar refractivity (Wildman–Crippen MR) is 141 cm³/mol. The number of hydrogen-bond acceptors (Lipinski definition) is 5. The van der Waals surface area contributed by atoms with Crippen LogP contribution in [0.3, 0.4) is 0 Å². The summed E-state index contributed by atoms with van der Waals surface area (Å²) >= 11 is 5.29. The number of carbonyl (C=O) groups excluding carboxylic acids is 2. The van der Waals surface area contributed by atoms with Crippen molar-refractivity contribution < 1.29 is 18.7 Å². The predicted octanol–water partition coefficient (Wildman–Crippen LogP) is 5.99. The van der Waals surface area contributed by atoms with Gasteiger partial charge >= 0.3 is 0 Å². The van der Waals surface area contributed by atoms with Crippen molar-refractivity contribution in [2.75, 3.05) is 10.6 Å². The summed E-state index contributed by atoms with van der Waals surface area (Å²) in [6.45, 7) is 4.04. The maximum atomic E-state index is 12.6. The van der Waals surface area contributed by atoms with Crippen molar-refractivity contribution in [3.8, 4) is 5.75 Å². The van der Waals surface area contributed by atoms with E-state index < -0.39 is 0 Å². The van der Waals surface area contributed by atoms with Gasteiger partial charge in [0.1, 0.15) is 11.3 Å². The zero-order valence-electron chi connectivity index (χ0n) is 19.3. The van der Waals surface area contributed by atoms with E-state index in [4.69, 9.17) is 21.4 Å². The van der Waals surface area contributed by atoms with Gasteiger partial charge in [-0.05, 0) is 80.2 Å². The Bertz CT molecular complexity index is 1330. The van der Waals surface area contributed by atoms with Crippen LogP contribution in [0.4, 0.5) is 11.4 Å². The summed E-state index contributed by atoms with van der Waals surface area (Å²) in [5.74, 6) is 0.216. The van der Waals surface area contributed by atoms with Gasteiger partial charge in [0, 0.05) is 22.3 Å². The fourth-order valence-electron chi connectivity index (χ4n) is 3.30. The standard InChI is InChI=1S/C27H25N3O4S/c1-3-17(2)33-22-13-11-18(12-14-22)25(31)30-27(35)29-21-9-6-8-20(16-21)28-26(32)24-15-19-7-4-5-10-23(19)34-24/h4-17H,3H2,1-2H3,(H,28,32)(H2,29,30,31,35)/t17-/m1/s1. The van der Waals surface area contributed by atoms with Crippen LogP contribution >= 0.6 is 12.2 Å². The number of amides is 2. The Balaban J connectivity index is 1.34. The molecule has 178 valence electrons. The number of thiocarbonyl (C=S) groups is 1. The highest BCUT2D eigenvalue weighted by atomic mass is 32.1. The van der Waals surface area contributed by atoms with E-state index in [0.29, 0.717) is 28.3 Å². The fraction of sp³-hybridized carbons (Fsp3) is 0.148. The van der Waals surface area contributed by atoms with Crippen LogP contribution in [0.15, 0.2) is 83.3 Å². The van der Waals surface area contributed by atoms with E-state index in [1.54, 1.807) is 60.7 Å². The molecule has 0 aliphatic heterocycles. The van der Waals surface area contributed by atoms with Crippen LogP contribution in [0.1, 0.15) is 41.2 Å². The number of para-hydroxylation sites is 1. The molecular weight excluding hydrogens is 462 g/mol. The highest BCUT2D eigenvalue weighted by Gasteiger charge is 2.13. The summed E-state index contributed by atoms with van der Waals surface area (Å²) in [4.78, 5) is 25.1. The number of benzene rings is 3. The van der Waals surface area contributed by atoms with E-state index in [1.807, 2.05) is 32.0 Å². The van der Waals surface area contributed by atoms with Gasteiger partial charge in [0.15, 0.2) is 10.9 Å². The van der Waals surface area contributed by atoms with Gasteiger partial charge in [-0.3, -0.25) is 14.9 Å². The summed E-state index contributed by atoms with van der Waals surface area (Å²) in [6, 6.07) is 23.0. The molecule has 0 unspecified atom stereocenters. The number of ether oxygens (including phenoxy) is 1. The average Bonchev–Trinajstić information content (AvgIpc) is 3.29. The smallest absolute Gasteiger partial charge is 0.291 e. The van der Waals surface area contributed by atoms with Crippen LogP contribution in [0.2, 0.25) is 0 Å². The van der Waals surface area contributed by atoms with Gasteiger partial charge in [0.25, 0.3) is 11.8 Å². The lowest BCUT2D eigenvalue weighted by Gasteiger charge is -2.13. The fourth-order valence-corrected chi connectivity index (χ4v) is 3.51. The van der Waals surface area contributed by atoms with Crippen molar-refractivity contribution in [2.24, 2.45) is 0 Å². The third-order valence-electron chi connectivity index (χ3n) is 5.28. The Kier molecular flexibility index (Phi) is 7.42. The number of furan rings is 1. The van der Waals surface area contributed by atoms with Crippen molar-refractivity contribution in [1.82, 2.24) is 5.32 Å². The topological polar surface area (TPSA) is 92.6 Å². The van der Waals surface area contributed by atoms with Crippen LogP contribution in [-0.2, 0) is 0 Å². The Hall–Kier alpha value is -4.17. The number of hydrogen-bond donors (Lipinski definition) is 3. The molecule has 3 aromatic carbocycles. The van der Waals surface area contributed by atoms with Crippen LogP contribution in [0.25, 0.3) is 11.0 Å². The van der Waals surface area contributed by atoms with E-state index in [-0.39, 0.29) is 28.8 Å². The van der Waals surface area contributed by atoms with E-state index in [0.717, 1.165) is 11.8 Å². The minimum atomic E-state index is -0.366. The molecule has 1 heterocycles. The average molecular weight is 488 g/mol. The lowest BCUT2D eigenvalue weighted by molar-refractivity contribution is 0.0975. The van der Waals surface area contributed by atoms with Crippen molar-refractivity contribution in [3.05, 3.63) is 90.2 Å². The first kappa shape index (κ1) is 24.0. The van der Waals surface area contributed by atoms with E-state index in [1.165, 1.54) is 0 Å². The number of carbonyl (C=O) groups is 2. The normalized spacial score (nSPS) is 11.5. The molecule has 2 amide bonds. The lowest BCUT2D eigenvalue weighted by atomic mass is 10.2. The first-order valence-corrected chi connectivity index (χ1v) is 11.6. The van der Waals surface area contributed by atoms with Crippen LogP contribution in [0.5, 0.6) is 5.75 Å². The summed E-state index contributed by atoms with van der Waals surface area (Å²) in [6.07, 6.45) is 0.998. The molecule has 1 aromatic heterocycles. The van der Waals surface area contributed by atoms with Crippen LogP contribution in [0, 0.1) is 0 Å². The second kappa shape index (κ2) is 10.8. The number of nitrogens with one attached hydrogen (secondary N) is 3. The molecule has 0 aliphatic rings. The van der Waals surface area contributed by atoms with Gasteiger partial charge < -0.3 is 19.8 Å². The Labute approximate surface area is 208 Å². The molecule has 0 radical (unpaired) electrons. The molecule has 35 heavy (non-hydrogen) atoms. The first-order chi connectivity index (χ1) is 16.9. The second-order valence-electron chi connectivity index (χ2n) is 7.95. The van der Waals surface area contributed by atoms with Gasteiger partial charge in [-0.2, -0.15) is 0 Å². The third kappa shape index (κ3) is 6.24. The summed E-state index contributed by atoms with van der Waals surface area (Å²) in [5.41, 5.74) is 2.26. The Morgan fingerprint density at radius 1 is 0.914 bits per heavy atom. The molecule has 0 spiro atoms. The van der Waals surface area contributed by atoms with E-state index >= 15 is 0 Å². The number of fused-ring (bicyclic) bond motifs is 1. The monoisotopic (exact) mass is 487 g/mol. The van der Waals surface area contributed by atoms with Crippen molar-refractivity contribution in [2.45, 2.75) is 26.4 Å². The number of rotatable bonds is 7. The van der Waals surface area contributed by atoms with E-state index in [9.17, 15) is 9.59 Å². The third-order valence-corrected chi connectivity index (χ3v) is 5.49. The van der Waals surface area contributed by atoms with Gasteiger partial charge in [-0.25, -0.2) is 0 Å². The molecule has 1 atom stereocenters. The Morgan fingerprint density at radius 3 is 2.34 bits per heavy atom. The number of anilines is 2. The lowest BCUT2D eigenvalue weighted by Crippen LogP contribution is -2.34. The van der Waals surface area contributed by atoms with Gasteiger partial charge in [-0.15, -0.1) is 0 Å². The zero-order chi connectivity index (χ0) is 24.8. The maximum absolute atomic E-state index is 12.6. The highest BCUT2D eigenvalue weighted by Crippen LogP contribution is 2.21. The molecule has 4 rings (SSSR count). The molecule has 7 nitrogen and oxygen atoms in total. The SMILES string of the molecule is CC[C@@H](C)Oc1ccc(C(=O)NC(=S)Nc2cccc(NC(=O)c3cc4ccccc4o3)c2)cc1. The maximum Gasteiger partial charge on any atom is 0.291 e. The van der Waals surface area contributed by atoms with Gasteiger partial charge in [0.05, 0.1) is 6.10 Å². The largest absolute Gasteiger partial charge is 0.491 e. The summed E-state index contributed by atoms with van der Waals surface area (Å²) in [5, 5.41) is 9.41. The minimum Gasteiger partial charge on any atom is -0.491 e. The second-order valence-corrected chi connectivity index (χ2v) is 8.36. The van der Waals surface area contributed by atoms with Gasteiger partial charge in [-0.1, -0.05) is 31.2 Å². The molecule has 3 N–H and O–H groups in total. The summed E-state index contributed by atoms with van der Waals surface area (Å²) < 4.78 is 11.3. The zero-order valence-corrected chi connectivity index (χ0v) is 20.1. The molecule has 4 aromatic rings. The van der Waals surface area contributed by atoms with Crippen LogP contribution < -0.4 is 20.7 Å². The van der Waals surface area contributed by atoms with Crippen molar-refractivity contribution in [3.63, 3.8) is 0 Å². The Morgan fingerprint density at radius 2 is 1.63 bits per heavy atom. The van der Waals surface area contributed by atoms with E-state index in [2.05, 4.69) is 16.0 Å². The van der Waals surface area contributed by atoms with Gasteiger partial charge in [0.2, 0.25) is 0 Å². The van der Waals surface area contributed by atoms with Crippen LogP contribution in [-0.4, -0.2) is 23.0 Å². The van der Waals surface area contributed by atoms with Crippen molar-refractivity contribution in [1.29, 1.82) is 0 Å². The van der Waals surface area contributed by atoms with Crippen molar-refractivity contribution >= 4 is 51.5 Å². The minimum absolute atomic E-state index is 0.103. The quantitative estimate of drug-likeness (QED) is 0.277. The first-order valence-electron chi connectivity index (χ1n) is 11.2.